The monoisotopic (exact) mass is 302 g/mol. The Morgan fingerprint density at radius 3 is 2.75 bits per heavy atom. The number of H-pyrrole nitrogens is 1. The topological polar surface area (TPSA) is 89.0 Å². The first-order valence-electron chi connectivity index (χ1n) is 6.42. The molecule has 0 bridgehead atoms. The smallest absolute Gasteiger partial charge is 0.344 e. The molecule has 1 aromatic rings. The minimum absolute atomic E-state index is 0.0417. The molecule has 0 aromatic carbocycles. The summed E-state index contributed by atoms with van der Waals surface area (Å²) in [7, 11) is 3.09. The van der Waals surface area contributed by atoms with Crippen LogP contribution in [-0.2, 0) is 9.53 Å². The van der Waals surface area contributed by atoms with E-state index in [2.05, 4.69) is 15.5 Å². The standard InChI is InChI=1S/C12H22N4O3S/c1-8(2)16-10(18)14-15-11(16)20-7-6-12(3,13-4)9(17)19-5/h8,13H,6-7H2,1-5H3,(H,14,18). The second-order valence-corrected chi connectivity index (χ2v) is 6.01. The van der Waals surface area contributed by atoms with E-state index in [4.69, 9.17) is 4.74 Å². The highest BCUT2D eigenvalue weighted by Crippen LogP contribution is 2.21. The molecule has 0 radical (unpaired) electrons. The predicted octanol–water partition coefficient (Wildman–Crippen LogP) is 0.786. The van der Waals surface area contributed by atoms with Crippen molar-refractivity contribution in [1.82, 2.24) is 20.1 Å². The number of methoxy groups -OCH3 is 1. The highest BCUT2D eigenvalue weighted by Gasteiger charge is 2.32. The van der Waals surface area contributed by atoms with Gasteiger partial charge in [0, 0.05) is 11.8 Å². The normalized spacial score (nSPS) is 14.3. The summed E-state index contributed by atoms with van der Waals surface area (Å²) in [5.41, 5.74) is -0.951. The summed E-state index contributed by atoms with van der Waals surface area (Å²) in [6.07, 6.45) is 0.569. The molecule has 0 aliphatic rings. The minimum atomic E-state index is -0.735. The molecular formula is C12H22N4O3S. The number of aromatic amines is 1. The Morgan fingerprint density at radius 2 is 2.25 bits per heavy atom. The van der Waals surface area contributed by atoms with Gasteiger partial charge < -0.3 is 10.1 Å². The van der Waals surface area contributed by atoms with E-state index in [9.17, 15) is 9.59 Å². The van der Waals surface area contributed by atoms with Crippen molar-refractivity contribution in [2.75, 3.05) is 19.9 Å². The van der Waals surface area contributed by atoms with E-state index in [1.807, 2.05) is 13.8 Å². The van der Waals surface area contributed by atoms with Crippen LogP contribution in [0, 0.1) is 0 Å². The van der Waals surface area contributed by atoms with Crippen LogP contribution in [0.2, 0.25) is 0 Å². The van der Waals surface area contributed by atoms with Crippen LogP contribution >= 0.6 is 11.8 Å². The maximum absolute atomic E-state index is 11.7. The van der Waals surface area contributed by atoms with E-state index in [0.29, 0.717) is 17.3 Å². The number of nitrogens with one attached hydrogen (secondary N) is 2. The molecule has 20 heavy (non-hydrogen) atoms. The summed E-state index contributed by atoms with van der Waals surface area (Å²) in [5, 5.41) is 10.0. The van der Waals surface area contributed by atoms with Crippen LogP contribution in [0.5, 0.6) is 0 Å². The number of hydrogen-bond acceptors (Lipinski definition) is 6. The molecule has 1 aromatic heterocycles. The summed E-state index contributed by atoms with van der Waals surface area (Å²) in [6.45, 7) is 5.64. The molecule has 0 saturated carbocycles. The molecule has 0 fully saturated rings. The number of thioether (sulfide) groups is 1. The molecule has 0 spiro atoms. The SMILES string of the molecule is CNC(C)(CCSc1n[nH]c(=O)n1C(C)C)C(=O)OC. The Kier molecular flexibility index (Phi) is 5.82. The lowest BCUT2D eigenvalue weighted by molar-refractivity contribution is -0.147. The molecular weight excluding hydrogens is 280 g/mol. The summed E-state index contributed by atoms with van der Waals surface area (Å²) >= 11 is 1.44. The van der Waals surface area contributed by atoms with Crippen molar-refractivity contribution in [3.63, 3.8) is 0 Å². The number of hydrogen-bond donors (Lipinski definition) is 2. The average Bonchev–Trinajstić information content (AvgIpc) is 2.78. The van der Waals surface area contributed by atoms with Crippen molar-refractivity contribution >= 4 is 17.7 Å². The second-order valence-electron chi connectivity index (χ2n) is 4.95. The fourth-order valence-electron chi connectivity index (χ4n) is 1.75. The number of carbonyl (C=O) groups excluding carboxylic acids is 1. The van der Waals surface area contributed by atoms with E-state index < -0.39 is 5.54 Å². The third-order valence-corrected chi connectivity index (χ3v) is 4.16. The van der Waals surface area contributed by atoms with Gasteiger partial charge in [0.2, 0.25) is 0 Å². The molecule has 0 saturated heterocycles. The molecule has 0 aliphatic heterocycles. The second kappa shape index (κ2) is 6.94. The maximum Gasteiger partial charge on any atom is 0.344 e. The van der Waals surface area contributed by atoms with Crippen molar-refractivity contribution in [3.8, 4) is 0 Å². The quantitative estimate of drug-likeness (QED) is 0.572. The fraction of sp³-hybridized carbons (Fsp3) is 0.750. The summed E-state index contributed by atoms with van der Waals surface area (Å²) in [4.78, 5) is 23.3. The number of aromatic nitrogens is 3. The molecule has 8 heteroatoms. The van der Waals surface area contributed by atoms with Gasteiger partial charge in [-0.05, 0) is 34.2 Å². The first-order chi connectivity index (χ1) is 9.35. The zero-order valence-corrected chi connectivity index (χ0v) is 13.3. The molecule has 0 aliphatic carbocycles. The molecule has 1 atom stereocenters. The zero-order chi connectivity index (χ0) is 15.3. The van der Waals surface area contributed by atoms with Crippen LogP contribution in [0.4, 0.5) is 0 Å². The van der Waals surface area contributed by atoms with Crippen molar-refractivity contribution in [3.05, 3.63) is 10.5 Å². The zero-order valence-electron chi connectivity index (χ0n) is 12.5. The Bertz CT molecular complexity index is 511. The highest BCUT2D eigenvalue weighted by atomic mass is 32.2. The third kappa shape index (κ3) is 3.63. The van der Waals surface area contributed by atoms with Crippen LogP contribution < -0.4 is 11.0 Å². The highest BCUT2D eigenvalue weighted by molar-refractivity contribution is 7.99. The molecule has 7 nitrogen and oxygen atoms in total. The van der Waals surface area contributed by atoms with E-state index >= 15 is 0 Å². The van der Waals surface area contributed by atoms with Gasteiger partial charge in [-0.15, -0.1) is 5.10 Å². The van der Waals surface area contributed by atoms with Gasteiger partial charge in [-0.2, -0.15) is 0 Å². The first-order valence-corrected chi connectivity index (χ1v) is 7.41. The number of carbonyl (C=O) groups is 1. The summed E-state index contributed by atoms with van der Waals surface area (Å²) < 4.78 is 6.38. The Balaban J connectivity index is 2.69. The van der Waals surface area contributed by atoms with Crippen molar-refractivity contribution in [1.29, 1.82) is 0 Å². The fourth-order valence-corrected chi connectivity index (χ4v) is 2.98. The number of likely N-dealkylation sites (N-methyl/N-ethyl adjacent to an activating group) is 1. The Labute approximate surface area is 122 Å². The number of esters is 1. The number of rotatable bonds is 7. The van der Waals surface area contributed by atoms with E-state index in [1.54, 1.807) is 18.5 Å². The lowest BCUT2D eigenvalue weighted by Crippen LogP contribution is -2.48. The van der Waals surface area contributed by atoms with Crippen LogP contribution in [0.1, 0.15) is 33.2 Å². The van der Waals surface area contributed by atoms with Gasteiger partial charge in [0.05, 0.1) is 7.11 Å². The van der Waals surface area contributed by atoms with Gasteiger partial charge in [-0.1, -0.05) is 11.8 Å². The summed E-state index contributed by atoms with van der Waals surface area (Å²) in [5.74, 6) is 0.340. The lowest BCUT2D eigenvalue weighted by atomic mass is 10.00. The van der Waals surface area contributed by atoms with E-state index in [0.717, 1.165) is 0 Å². The van der Waals surface area contributed by atoms with Gasteiger partial charge in [0.15, 0.2) is 5.16 Å². The number of ether oxygens (including phenoxy) is 1. The van der Waals surface area contributed by atoms with Crippen molar-refractivity contribution in [2.24, 2.45) is 0 Å². The molecule has 1 unspecified atom stereocenters. The van der Waals surface area contributed by atoms with Crippen molar-refractivity contribution < 1.29 is 9.53 Å². The van der Waals surface area contributed by atoms with Gasteiger partial charge in [-0.3, -0.25) is 9.36 Å². The van der Waals surface area contributed by atoms with Crippen LogP contribution in [0.3, 0.4) is 0 Å². The molecule has 1 heterocycles. The maximum atomic E-state index is 11.7. The average molecular weight is 302 g/mol. The molecule has 1 rings (SSSR count). The van der Waals surface area contributed by atoms with Gasteiger partial charge in [-0.25, -0.2) is 9.89 Å². The van der Waals surface area contributed by atoms with E-state index in [1.165, 1.54) is 18.9 Å². The predicted molar refractivity (Wildman–Crippen MR) is 78.1 cm³/mol. The minimum Gasteiger partial charge on any atom is -0.468 e. The first kappa shape index (κ1) is 16.8. The largest absolute Gasteiger partial charge is 0.468 e. The van der Waals surface area contributed by atoms with E-state index in [-0.39, 0.29) is 17.7 Å². The van der Waals surface area contributed by atoms with Gasteiger partial charge in [0.1, 0.15) is 5.54 Å². The summed E-state index contributed by atoms with van der Waals surface area (Å²) in [6, 6.07) is 0.0417. The molecule has 2 N–H and O–H groups in total. The van der Waals surface area contributed by atoms with Crippen LogP contribution in [-0.4, -0.2) is 46.2 Å². The Hall–Kier alpha value is -1.28. The van der Waals surface area contributed by atoms with Crippen molar-refractivity contribution in [2.45, 2.75) is 43.9 Å². The lowest BCUT2D eigenvalue weighted by Gasteiger charge is -2.25. The molecule has 0 amide bonds. The molecule has 114 valence electrons. The number of nitrogens with zero attached hydrogens (tertiary/aromatic N) is 2. The van der Waals surface area contributed by atoms with Gasteiger partial charge in [0.25, 0.3) is 0 Å². The van der Waals surface area contributed by atoms with Gasteiger partial charge >= 0.3 is 11.7 Å². The third-order valence-electron chi connectivity index (χ3n) is 3.21. The van der Waals surface area contributed by atoms with Crippen LogP contribution in [0.15, 0.2) is 9.95 Å². The Morgan fingerprint density at radius 1 is 1.60 bits per heavy atom. The van der Waals surface area contributed by atoms with Crippen LogP contribution in [0.25, 0.3) is 0 Å².